The van der Waals surface area contributed by atoms with Crippen LogP contribution >= 0.6 is 11.6 Å². The van der Waals surface area contributed by atoms with Crippen LogP contribution in [-0.2, 0) is 26.7 Å². The molecule has 3 heterocycles. The van der Waals surface area contributed by atoms with Gasteiger partial charge in [-0.25, -0.2) is 4.98 Å². The number of halogens is 1. The lowest BCUT2D eigenvalue weighted by Crippen LogP contribution is -2.25. The average molecular weight is 334 g/mol. The summed E-state index contributed by atoms with van der Waals surface area (Å²) in [6.07, 6.45) is 0. The molecular weight excluding hydrogens is 318 g/mol. The van der Waals surface area contributed by atoms with Gasteiger partial charge < -0.3 is 9.47 Å². The quantitative estimate of drug-likeness (QED) is 0.841. The predicted molar refractivity (Wildman–Crippen MR) is 84.7 cm³/mol. The Morgan fingerprint density at radius 3 is 2.78 bits per heavy atom. The Morgan fingerprint density at radius 1 is 1.26 bits per heavy atom. The summed E-state index contributed by atoms with van der Waals surface area (Å²) in [7, 11) is 1.75. The van der Waals surface area contributed by atoms with Crippen molar-refractivity contribution in [3.05, 3.63) is 50.2 Å². The molecule has 0 radical (unpaired) electrons. The molecule has 120 valence electrons. The summed E-state index contributed by atoms with van der Waals surface area (Å²) in [6, 6.07) is 3.69. The topological polar surface area (TPSA) is 56.6 Å². The van der Waals surface area contributed by atoms with Crippen LogP contribution in [0.25, 0.3) is 0 Å². The summed E-state index contributed by atoms with van der Waals surface area (Å²) in [4.78, 5) is 19.0. The molecule has 1 aromatic carbocycles. The van der Waals surface area contributed by atoms with E-state index in [0.29, 0.717) is 36.2 Å². The van der Waals surface area contributed by atoms with E-state index in [2.05, 4.69) is 9.88 Å². The molecule has 0 aliphatic carbocycles. The highest BCUT2D eigenvalue weighted by atomic mass is 35.5. The Kier molecular flexibility index (Phi) is 3.32. The summed E-state index contributed by atoms with van der Waals surface area (Å²) in [5.74, 6) is 2.12. The van der Waals surface area contributed by atoms with Crippen LogP contribution in [0.2, 0.25) is 5.02 Å². The van der Waals surface area contributed by atoms with E-state index in [1.54, 1.807) is 17.7 Å². The number of aryl methyl sites for hydroxylation is 1. The molecule has 4 rings (SSSR count). The summed E-state index contributed by atoms with van der Waals surface area (Å²) in [5, 5.41) is 0.641. The molecule has 7 heteroatoms. The zero-order chi connectivity index (χ0) is 16.1. The summed E-state index contributed by atoms with van der Waals surface area (Å²) in [6.45, 7) is 3.94. The van der Waals surface area contributed by atoms with Crippen LogP contribution in [0.4, 0.5) is 0 Å². The molecule has 0 saturated heterocycles. The fourth-order valence-corrected chi connectivity index (χ4v) is 3.24. The van der Waals surface area contributed by atoms with Gasteiger partial charge in [-0.3, -0.25) is 14.3 Å². The van der Waals surface area contributed by atoms with Gasteiger partial charge in [-0.15, -0.1) is 0 Å². The number of ether oxygens (including phenoxy) is 2. The van der Waals surface area contributed by atoms with Gasteiger partial charge in [0, 0.05) is 37.8 Å². The first-order valence-corrected chi connectivity index (χ1v) is 7.76. The van der Waals surface area contributed by atoms with E-state index in [0.717, 1.165) is 22.6 Å². The molecule has 0 saturated carbocycles. The summed E-state index contributed by atoms with van der Waals surface area (Å²) in [5.41, 5.74) is 2.63. The molecule has 1 aromatic heterocycles. The maximum Gasteiger partial charge on any atom is 0.258 e. The molecule has 0 bridgehead atoms. The Hall–Kier alpha value is -2.05. The van der Waals surface area contributed by atoms with Crippen LogP contribution in [0.1, 0.15) is 22.6 Å². The van der Waals surface area contributed by atoms with Crippen molar-refractivity contribution in [2.75, 3.05) is 6.79 Å². The Labute approximate surface area is 138 Å². The molecule has 0 N–H and O–H groups in total. The molecule has 2 aromatic rings. The van der Waals surface area contributed by atoms with Crippen LogP contribution in [0, 0.1) is 6.92 Å². The molecule has 0 spiro atoms. The van der Waals surface area contributed by atoms with Gasteiger partial charge in [0.1, 0.15) is 5.82 Å². The number of fused-ring (bicyclic) bond motifs is 2. The van der Waals surface area contributed by atoms with E-state index in [1.165, 1.54) is 0 Å². The lowest BCUT2D eigenvalue weighted by Gasteiger charge is -2.15. The minimum atomic E-state index is 0.0341. The highest BCUT2D eigenvalue weighted by Gasteiger charge is 2.26. The lowest BCUT2D eigenvalue weighted by atomic mass is 10.2. The van der Waals surface area contributed by atoms with E-state index in [1.807, 2.05) is 13.0 Å². The van der Waals surface area contributed by atoms with Crippen LogP contribution < -0.4 is 15.0 Å². The van der Waals surface area contributed by atoms with Crippen molar-refractivity contribution in [1.82, 2.24) is 14.5 Å². The minimum absolute atomic E-state index is 0.0341. The summed E-state index contributed by atoms with van der Waals surface area (Å²) >= 11 is 6.34. The molecule has 0 fully saturated rings. The molecule has 23 heavy (non-hydrogen) atoms. The third kappa shape index (κ3) is 2.38. The second kappa shape index (κ2) is 5.25. The van der Waals surface area contributed by atoms with E-state index < -0.39 is 0 Å². The van der Waals surface area contributed by atoms with Gasteiger partial charge >= 0.3 is 0 Å². The standard InChI is InChI=1S/C16H16ClN3O3/c1-9-18-13-7-20(6-11(13)16(21)19(9)2)5-10-3-14-15(4-12(10)17)23-8-22-14/h3-4H,5-8H2,1-2H3. The van der Waals surface area contributed by atoms with Gasteiger partial charge in [0.05, 0.1) is 11.3 Å². The van der Waals surface area contributed by atoms with Crippen LogP contribution in [-0.4, -0.2) is 21.2 Å². The van der Waals surface area contributed by atoms with Gasteiger partial charge in [-0.1, -0.05) is 11.6 Å². The zero-order valence-corrected chi connectivity index (χ0v) is 13.7. The van der Waals surface area contributed by atoms with Crippen molar-refractivity contribution in [2.45, 2.75) is 26.6 Å². The van der Waals surface area contributed by atoms with Crippen LogP contribution in [0.5, 0.6) is 11.5 Å². The first-order chi connectivity index (χ1) is 11.0. The molecule has 6 nitrogen and oxygen atoms in total. The molecule has 0 unspecified atom stereocenters. The highest BCUT2D eigenvalue weighted by Crippen LogP contribution is 2.37. The third-order valence-electron chi connectivity index (χ3n) is 4.38. The van der Waals surface area contributed by atoms with E-state index in [4.69, 9.17) is 21.1 Å². The van der Waals surface area contributed by atoms with Gasteiger partial charge in [0.25, 0.3) is 5.56 Å². The molecule has 0 atom stereocenters. The maximum atomic E-state index is 12.3. The van der Waals surface area contributed by atoms with Gasteiger partial charge in [0.15, 0.2) is 11.5 Å². The van der Waals surface area contributed by atoms with Crippen molar-refractivity contribution < 1.29 is 9.47 Å². The lowest BCUT2D eigenvalue weighted by molar-refractivity contribution is 0.174. The number of hydrogen-bond acceptors (Lipinski definition) is 5. The molecule has 2 aliphatic heterocycles. The number of aromatic nitrogens is 2. The molecular formula is C16H16ClN3O3. The number of nitrogens with zero attached hydrogens (tertiary/aromatic N) is 3. The van der Waals surface area contributed by atoms with Crippen molar-refractivity contribution in [3.63, 3.8) is 0 Å². The second-order valence-corrected chi connectivity index (χ2v) is 6.30. The molecule has 0 amide bonds. The van der Waals surface area contributed by atoms with Crippen molar-refractivity contribution in [3.8, 4) is 11.5 Å². The monoisotopic (exact) mass is 333 g/mol. The Bertz CT molecular complexity index is 863. The first-order valence-electron chi connectivity index (χ1n) is 7.38. The highest BCUT2D eigenvalue weighted by molar-refractivity contribution is 6.31. The van der Waals surface area contributed by atoms with Crippen LogP contribution in [0.3, 0.4) is 0 Å². The average Bonchev–Trinajstić information content (AvgIpc) is 3.12. The van der Waals surface area contributed by atoms with Crippen molar-refractivity contribution >= 4 is 11.6 Å². The largest absolute Gasteiger partial charge is 0.454 e. The SMILES string of the molecule is Cc1nc2c(c(=O)n1C)CN(Cc1cc3c(cc1Cl)OCO3)C2. The first kappa shape index (κ1) is 14.5. The number of benzene rings is 1. The zero-order valence-electron chi connectivity index (χ0n) is 12.9. The minimum Gasteiger partial charge on any atom is -0.454 e. The Morgan fingerprint density at radius 2 is 2.00 bits per heavy atom. The van der Waals surface area contributed by atoms with Gasteiger partial charge in [0.2, 0.25) is 6.79 Å². The third-order valence-corrected chi connectivity index (χ3v) is 4.74. The summed E-state index contributed by atoms with van der Waals surface area (Å²) < 4.78 is 12.3. The number of rotatable bonds is 2. The number of hydrogen-bond donors (Lipinski definition) is 0. The Balaban J connectivity index is 1.60. The predicted octanol–water partition coefficient (Wildman–Crippen LogP) is 1.99. The fourth-order valence-electron chi connectivity index (χ4n) is 3.02. The second-order valence-electron chi connectivity index (χ2n) is 5.89. The normalized spacial score (nSPS) is 16.0. The van der Waals surface area contributed by atoms with E-state index >= 15 is 0 Å². The van der Waals surface area contributed by atoms with E-state index in [9.17, 15) is 4.79 Å². The van der Waals surface area contributed by atoms with E-state index in [-0.39, 0.29) is 12.4 Å². The smallest absolute Gasteiger partial charge is 0.258 e. The van der Waals surface area contributed by atoms with Crippen molar-refractivity contribution in [1.29, 1.82) is 0 Å². The van der Waals surface area contributed by atoms with Crippen LogP contribution in [0.15, 0.2) is 16.9 Å². The maximum absolute atomic E-state index is 12.3. The van der Waals surface area contributed by atoms with Crippen molar-refractivity contribution in [2.24, 2.45) is 7.05 Å². The van der Waals surface area contributed by atoms with Gasteiger partial charge in [-0.2, -0.15) is 0 Å². The fraction of sp³-hybridized carbons (Fsp3) is 0.375. The molecule has 2 aliphatic rings. The van der Waals surface area contributed by atoms with Gasteiger partial charge in [-0.05, 0) is 18.6 Å².